The Hall–Kier alpha value is -2.19. The molecule has 5 nitrogen and oxygen atoms in total. The topological polar surface area (TPSA) is 35.5 Å². The van der Waals surface area contributed by atoms with Crippen molar-refractivity contribution in [3.8, 4) is 0 Å². The average Bonchev–Trinajstić information content (AvgIpc) is 2.75. The number of hydrogen-bond acceptors (Lipinski definition) is 5. The van der Waals surface area contributed by atoms with Crippen LogP contribution in [0.4, 0.5) is 19.1 Å². The number of alkyl halides is 3. The summed E-state index contributed by atoms with van der Waals surface area (Å²) in [5.41, 5.74) is 1.76. The van der Waals surface area contributed by atoms with E-state index in [4.69, 9.17) is 0 Å². The Morgan fingerprint density at radius 1 is 1.00 bits per heavy atom. The van der Waals surface area contributed by atoms with Crippen LogP contribution in [0.2, 0.25) is 0 Å². The molecule has 0 unspecified atom stereocenters. The summed E-state index contributed by atoms with van der Waals surface area (Å²) < 4.78 is 38.9. The Labute approximate surface area is 181 Å². The van der Waals surface area contributed by atoms with Gasteiger partial charge in [-0.05, 0) is 51.4 Å². The number of hydrogen-bond donors (Lipinski definition) is 0. The third kappa shape index (κ3) is 5.36. The van der Waals surface area contributed by atoms with Crippen molar-refractivity contribution in [1.82, 2.24) is 19.8 Å². The molecule has 2 aliphatic rings. The number of anilines is 1. The molecule has 0 radical (unpaired) electrons. The molecule has 8 heteroatoms. The van der Waals surface area contributed by atoms with Gasteiger partial charge in [0.15, 0.2) is 0 Å². The molecule has 2 fully saturated rings. The van der Waals surface area contributed by atoms with Crippen LogP contribution in [0.3, 0.4) is 0 Å². The molecule has 0 amide bonds. The zero-order chi connectivity index (χ0) is 22.0. The zero-order valence-electron chi connectivity index (χ0n) is 18.1. The van der Waals surface area contributed by atoms with E-state index >= 15 is 0 Å². The fourth-order valence-electron chi connectivity index (χ4n) is 4.72. The fourth-order valence-corrected chi connectivity index (χ4v) is 4.72. The molecule has 0 saturated carbocycles. The third-order valence-electron chi connectivity index (χ3n) is 6.45. The molecule has 31 heavy (non-hydrogen) atoms. The minimum absolute atomic E-state index is 0.175. The largest absolute Gasteiger partial charge is 0.433 e. The Kier molecular flexibility index (Phi) is 6.48. The molecule has 0 N–H and O–H groups in total. The maximum atomic E-state index is 13.0. The number of rotatable bonds is 4. The predicted molar refractivity (Wildman–Crippen MR) is 115 cm³/mol. The van der Waals surface area contributed by atoms with Crippen LogP contribution in [-0.2, 0) is 12.7 Å². The van der Waals surface area contributed by atoms with E-state index in [0.717, 1.165) is 45.1 Å². The summed E-state index contributed by atoms with van der Waals surface area (Å²) >= 11 is 0. The van der Waals surface area contributed by atoms with Crippen molar-refractivity contribution < 1.29 is 13.2 Å². The van der Waals surface area contributed by atoms with E-state index in [9.17, 15) is 13.2 Å². The molecule has 2 aromatic rings. The van der Waals surface area contributed by atoms with Gasteiger partial charge in [0.2, 0.25) is 5.95 Å². The molecule has 2 aliphatic heterocycles. The van der Waals surface area contributed by atoms with E-state index in [1.807, 2.05) is 4.90 Å². The van der Waals surface area contributed by atoms with E-state index < -0.39 is 11.9 Å². The molecule has 1 aromatic heterocycles. The van der Waals surface area contributed by atoms with Gasteiger partial charge in [0.05, 0.1) is 0 Å². The van der Waals surface area contributed by atoms with Crippen LogP contribution >= 0.6 is 0 Å². The van der Waals surface area contributed by atoms with Crippen molar-refractivity contribution in [3.05, 3.63) is 53.3 Å². The summed E-state index contributed by atoms with van der Waals surface area (Å²) in [7, 11) is 0. The second-order valence-electron chi connectivity index (χ2n) is 8.77. The fraction of sp³-hybridized carbons (Fsp3) is 0.565. The molecular weight excluding hydrogens is 403 g/mol. The number of piperidine rings is 1. The maximum absolute atomic E-state index is 13.0. The highest BCUT2D eigenvalue weighted by molar-refractivity contribution is 5.32. The monoisotopic (exact) mass is 433 g/mol. The Morgan fingerprint density at radius 3 is 2.35 bits per heavy atom. The van der Waals surface area contributed by atoms with Crippen LogP contribution < -0.4 is 4.90 Å². The van der Waals surface area contributed by atoms with E-state index in [0.29, 0.717) is 19.1 Å². The number of halogens is 3. The number of nitrogens with zero attached hydrogens (tertiary/aromatic N) is 5. The molecule has 3 heterocycles. The highest BCUT2D eigenvalue weighted by Gasteiger charge is 2.35. The smallest absolute Gasteiger partial charge is 0.338 e. The van der Waals surface area contributed by atoms with Gasteiger partial charge in [0.25, 0.3) is 0 Å². The predicted octanol–water partition coefficient (Wildman–Crippen LogP) is 3.98. The van der Waals surface area contributed by atoms with Crippen LogP contribution in [0.5, 0.6) is 0 Å². The molecule has 0 aliphatic carbocycles. The van der Waals surface area contributed by atoms with Gasteiger partial charge < -0.3 is 4.90 Å². The van der Waals surface area contributed by atoms with Crippen LogP contribution in [0, 0.1) is 6.92 Å². The molecule has 4 rings (SSSR count). The van der Waals surface area contributed by atoms with Gasteiger partial charge in [-0.3, -0.25) is 9.80 Å². The van der Waals surface area contributed by atoms with Crippen LogP contribution in [-0.4, -0.2) is 64.6 Å². The highest BCUT2D eigenvalue weighted by Crippen LogP contribution is 2.29. The lowest BCUT2D eigenvalue weighted by atomic mass is 9.99. The highest BCUT2D eigenvalue weighted by atomic mass is 19.4. The summed E-state index contributed by atoms with van der Waals surface area (Å²) in [5.74, 6) is 0.175. The standard InChI is InChI=1S/C23H30F3N5/c1-17-3-5-19(6-4-17)16-29-11-8-20(9-12-29)31-14-13-30(15-18(31)2)22-27-10-7-21(28-22)23(24,25)26/h3-7,10,18,20H,8-9,11-16H2,1-2H3/t18-/m0/s1. The van der Waals surface area contributed by atoms with E-state index in [1.54, 1.807) is 0 Å². The Balaban J connectivity index is 1.30. The van der Waals surface area contributed by atoms with Crippen LogP contribution in [0.25, 0.3) is 0 Å². The van der Waals surface area contributed by atoms with Crippen LogP contribution in [0.15, 0.2) is 36.5 Å². The van der Waals surface area contributed by atoms with E-state index in [-0.39, 0.29) is 12.0 Å². The normalized spacial score (nSPS) is 22.1. The SMILES string of the molecule is Cc1ccc(CN2CCC(N3CCN(c4nccc(C(F)(F)F)n4)C[C@@H]3C)CC2)cc1. The van der Waals surface area contributed by atoms with Crippen molar-refractivity contribution in [2.24, 2.45) is 0 Å². The third-order valence-corrected chi connectivity index (χ3v) is 6.45. The molecular formula is C23H30F3N5. The Morgan fingerprint density at radius 2 is 1.71 bits per heavy atom. The molecule has 0 spiro atoms. The number of aryl methyl sites for hydroxylation is 1. The molecule has 2 saturated heterocycles. The Bertz CT molecular complexity index is 862. The van der Waals surface area contributed by atoms with Gasteiger partial charge in [-0.25, -0.2) is 9.97 Å². The lowest BCUT2D eigenvalue weighted by Gasteiger charge is -2.46. The second kappa shape index (κ2) is 9.12. The number of piperazine rings is 1. The zero-order valence-corrected chi connectivity index (χ0v) is 18.1. The molecule has 0 bridgehead atoms. The van der Waals surface area contributed by atoms with Crippen molar-refractivity contribution in [3.63, 3.8) is 0 Å². The molecule has 168 valence electrons. The van der Waals surface area contributed by atoms with Crippen molar-refractivity contribution in [1.29, 1.82) is 0 Å². The van der Waals surface area contributed by atoms with Gasteiger partial charge in [-0.15, -0.1) is 0 Å². The van der Waals surface area contributed by atoms with Crippen molar-refractivity contribution in [2.45, 2.75) is 51.5 Å². The maximum Gasteiger partial charge on any atom is 0.433 e. The first-order chi connectivity index (χ1) is 14.8. The second-order valence-corrected chi connectivity index (χ2v) is 8.77. The van der Waals surface area contributed by atoms with Gasteiger partial charge in [0.1, 0.15) is 5.69 Å². The first-order valence-corrected chi connectivity index (χ1v) is 11.0. The quantitative estimate of drug-likeness (QED) is 0.729. The first-order valence-electron chi connectivity index (χ1n) is 11.0. The van der Waals surface area contributed by atoms with E-state index in [2.05, 4.69) is 57.9 Å². The average molecular weight is 434 g/mol. The summed E-state index contributed by atoms with van der Waals surface area (Å²) in [6.07, 6.45) is -1.00. The summed E-state index contributed by atoms with van der Waals surface area (Å²) in [4.78, 5) is 14.8. The summed E-state index contributed by atoms with van der Waals surface area (Å²) in [6, 6.07) is 10.4. The summed E-state index contributed by atoms with van der Waals surface area (Å²) in [6.45, 7) is 9.50. The first kappa shape index (κ1) is 22.0. The number of likely N-dealkylation sites (tertiary alicyclic amines) is 1. The van der Waals surface area contributed by atoms with Gasteiger partial charge in [-0.1, -0.05) is 29.8 Å². The van der Waals surface area contributed by atoms with Crippen LogP contribution in [0.1, 0.15) is 36.6 Å². The van der Waals surface area contributed by atoms with E-state index in [1.165, 1.54) is 17.3 Å². The van der Waals surface area contributed by atoms with Gasteiger partial charge >= 0.3 is 6.18 Å². The number of aromatic nitrogens is 2. The minimum atomic E-state index is -4.45. The lowest BCUT2D eigenvalue weighted by Crippen LogP contribution is -2.57. The molecule has 1 atom stereocenters. The minimum Gasteiger partial charge on any atom is -0.338 e. The van der Waals surface area contributed by atoms with Gasteiger partial charge in [-0.2, -0.15) is 13.2 Å². The number of benzene rings is 1. The van der Waals surface area contributed by atoms with Crippen molar-refractivity contribution >= 4 is 5.95 Å². The van der Waals surface area contributed by atoms with Crippen molar-refractivity contribution in [2.75, 3.05) is 37.6 Å². The molecule has 1 aromatic carbocycles. The lowest BCUT2D eigenvalue weighted by molar-refractivity contribution is -0.141. The summed E-state index contributed by atoms with van der Waals surface area (Å²) in [5, 5.41) is 0. The van der Waals surface area contributed by atoms with Gasteiger partial charge in [0, 0.05) is 44.5 Å².